The number of anilines is 1. The summed E-state index contributed by atoms with van der Waals surface area (Å²) in [4.78, 5) is 28.9. The summed E-state index contributed by atoms with van der Waals surface area (Å²) >= 11 is 0. The SMILES string of the molecule is O=C(Nc1ccc(Oc2ccc(F)cc2)cc1)C1CC(Cc2c(F)cc(F)cc2F)CN1C(=O)Cn1nccn1. The fraction of sp³-hybridized carbons (Fsp3) is 0.214. The summed E-state index contributed by atoms with van der Waals surface area (Å²) in [6, 6.07) is 12.2. The van der Waals surface area contributed by atoms with Crippen molar-refractivity contribution < 1.29 is 31.9 Å². The van der Waals surface area contributed by atoms with E-state index in [1.807, 2.05) is 0 Å². The molecule has 206 valence electrons. The number of aromatic nitrogens is 3. The van der Waals surface area contributed by atoms with Crippen molar-refractivity contribution in [2.45, 2.75) is 25.4 Å². The summed E-state index contributed by atoms with van der Waals surface area (Å²) in [5.74, 6) is -3.97. The van der Waals surface area contributed by atoms with Crippen molar-refractivity contribution in [3.63, 3.8) is 0 Å². The summed E-state index contributed by atoms with van der Waals surface area (Å²) in [5.41, 5.74) is 0.127. The Balaban J connectivity index is 1.29. The van der Waals surface area contributed by atoms with E-state index in [-0.39, 0.29) is 37.3 Å². The van der Waals surface area contributed by atoms with Gasteiger partial charge in [0.25, 0.3) is 0 Å². The molecule has 0 aliphatic carbocycles. The van der Waals surface area contributed by atoms with Crippen molar-refractivity contribution in [1.29, 1.82) is 0 Å². The van der Waals surface area contributed by atoms with E-state index in [1.54, 1.807) is 24.3 Å². The van der Waals surface area contributed by atoms with Gasteiger partial charge in [0.05, 0.1) is 12.4 Å². The number of hydrogen-bond acceptors (Lipinski definition) is 5. The van der Waals surface area contributed by atoms with Gasteiger partial charge in [-0.2, -0.15) is 15.0 Å². The Morgan fingerprint density at radius 1 is 0.875 bits per heavy atom. The smallest absolute Gasteiger partial charge is 0.247 e. The molecule has 4 aromatic rings. The van der Waals surface area contributed by atoms with Gasteiger partial charge in [-0.15, -0.1) is 0 Å². The van der Waals surface area contributed by atoms with Crippen LogP contribution in [-0.4, -0.2) is 44.3 Å². The van der Waals surface area contributed by atoms with Crippen LogP contribution in [0.2, 0.25) is 0 Å². The third-order valence-corrected chi connectivity index (χ3v) is 6.52. The highest BCUT2D eigenvalue weighted by molar-refractivity contribution is 5.97. The molecule has 0 radical (unpaired) electrons. The number of rotatable bonds is 8. The van der Waals surface area contributed by atoms with Crippen LogP contribution in [0.5, 0.6) is 11.5 Å². The average Bonchev–Trinajstić information content (AvgIpc) is 3.59. The average molecular weight is 554 g/mol. The summed E-state index contributed by atoms with van der Waals surface area (Å²) in [6.45, 7) is -0.170. The molecule has 1 aliphatic rings. The predicted molar refractivity (Wildman–Crippen MR) is 135 cm³/mol. The van der Waals surface area contributed by atoms with Crippen molar-refractivity contribution in [2.24, 2.45) is 5.92 Å². The number of benzene rings is 3. The quantitative estimate of drug-likeness (QED) is 0.319. The second-order valence-electron chi connectivity index (χ2n) is 9.34. The molecule has 8 nitrogen and oxygen atoms in total. The molecular formula is C28H23F4N5O3. The molecule has 2 amide bonds. The number of ether oxygens (including phenoxy) is 1. The summed E-state index contributed by atoms with van der Waals surface area (Å²) in [7, 11) is 0. The number of carbonyl (C=O) groups excluding carboxylic acids is 2. The fourth-order valence-electron chi connectivity index (χ4n) is 4.66. The van der Waals surface area contributed by atoms with Crippen molar-refractivity contribution in [3.05, 3.63) is 102 Å². The minimum atomic E-state index is -1.03. The first-order valence-corrected chi connectivity index (χ1v) is 12.4. The van der Waals surface area contributed by atoms with Crippen LogP contribution in [0.25, 0.3) is 0 Å². The highest BCUT2D eigenvalue weighted by Gasteiger charge is 2.40. The topological polar surface area (TPSA) is 89.4 Å². The lowest BCUT2D eigenvalue weighted by Gasteiger charge is -2.24. The normalized spacial score (nSPS) is 16.6. The van der Waals surface area contributed by atoms with Gasteiger partial charge in [-0.1, -0.05) is 0 Å². The lowest BCUT2D eigenvalue weighted by Crippen LogP contribution is -2.44. The van der Waals surface area contributed by atoms with Crippen molar-refractivity contribution in [2.75, 3.05) is 11.9 Å². The van der Waals surface area contributed by atoms with E-state index in [9.17, 15) is 27.2 Å². The molecule has 0 spiro atoms. The van der Waals surface area contributed by atoms with Crippen molar-refractivity contribution >= 4 is 17.5 Å². The lowest BCUT2D eigenvalue weighted by atomic mass is 9.95. The van der Waals surface area contributed by atoms with E-state index in [1.165, 1.54) is 46.4 Å². The second-order valence-corrected chi connectivity index (χ2v) is 9.34. The van der Waals surface area contributed by atoms with Crippen LogP contribution in [-0.2, 0) is 22.6 Å². The highest BCUT2D eigenvalue weighted by atomic mass is 19.1. The van der Waals surface area contributed by atoms with Crippen molar-refractivity contribution in [1.82, 2.24) is 19.9 Å². The minimum absolute atomic E-state index is 0.0545. The fourth-order valence-corrected chi connectivity index (χ4v) is 4.66. The first-order valence-electron chi connectivity index (χ1n) is 12.4. The van der Waals surface area contributed by atoms with Crippen LogP contribution in [0.1, 0.15) is 12.0 Å². The maximum Gasteiger partial charge on any atom is 0.247 e. The van der Waals surface area contributed by atoms with Crippen LogP contribution in [0, 0.1) is 29.2 Å². The van der Waals surface area contributed by atoms with Gasteiger partial charge >= 0.3 is 0 Å². The molecule has 5 rings (SSSR count). The monoisotopic (exact) mass is 553 g/mol. The first kappa shape index (κ1) is 26.9. The predicted octanol–water partition coefficient (Wildman–Crippen LogP) is 4.73. The number of halogens is 4. The van der Waals surface area contributed by atoms with Crippen LogP contribution < -0.4 is 10.1 Å². The number of amides is 2. The molecule has 40 heavy (non-hydrogen) atoms. The van der Waals surface area contributed by atoms with Crippen LogP contribution >= 0.6 is 0 Å². The van der Waals surface area contributed by atoms with Gasteiger partial charge in [-0.25, -0.2) is 17.6 Å². The first-order chi connectivity index (χ1) is 19.2. The van der Waals surface area contributed by atoms with Gasteiger partial charge in [-0.3, -0.25) is 9.59 Å². The van der Waals surface area contributed by atoms with E-state index in [0.717, 1.165) is 0 Å². The molecule has 2 heterocycles. The number of hydrogen-bond donors (Lipinski definition) is 1. The van der Waals surface area contributed by atoms with Gasteiger partial charge in [0.2, 0.25) is 11.8 Å². The zero-order chi connectivity index (χ0) is 28.2. The van der Waals surface area contributed by atoms with Gasteiger partial charge in [0.15, 0.2) is 0 Å². The minimum Gasteiger partial charge on any atom is -0.457 e. The number of likely N-dealkylation sites (tertiary alicyclic amines) is 1. The highest BCUT2D eigenvalue weighted by Crippen LogP contribution is 2.30. The number of carbonyl (C=O) groups is 2. The van der Waals surface area contributed by atoms with E-state index >= 15 is 0 Å². The van der Waals surface area contributed by atoms with Gasteiger partial charge < -0.3 is 15.0 Å². The van der Waals surface area contributed by atoms with Crippen LogP contribution in [0.4, 0.5) is 23.2 Å². The van der Waals surface area contributed by atoms with Crippen LogP contribution in [0.15, 0.2) is 73.1 Å². The van der Waals surface area contributed by atoms with Gasteiger partial charge in [0, 0.05) is 29.9 Å². The maximum absolute atomic E-state index is 14.3. The Hall–Kier alpha value is -4.74. The van der Waals surface area contributed by atoms with Gasteiger partial charge in [-0.05, 0) is 67.3 Å². The largest absolute Gasteiger partial charge is 0.457 e. The Labute approximate surface area is 226 Å². The third-order valence-electron chi connectivity index (χ3n) is 6.52. The molecule has 2 unspecified atom stereocenters. The third kappa shape index (κ3) is 6.28. The lowest BCUT2D eigenvalue weighted by molar-refractivity contribution is -0.137. The zero-order valence-electron chi connectivity index (χ0n) is 20.9. The van der Waals surface area contributed by atoms with E-state index in [0.29, 0.717) is 29.3 Å². The molecule has 3 aromatic carbocycles. The Kier molecular flexibility index (Phi) is 7.76. The molecule has 0 saturated carbocycles. The van der Waals surface area contributed by atoms with E-state index in [4.69, 9.17) is 4.74 Å². The molecule has 1 aromatic heterocycles. The Morgan fingerprint density at radius 2 is 1.48 bits per heavy atom. The van der Waals surface area contributed by atoms with E-state index in [2.05, 4.69) is 15.5 Å². The summed E-state index contributed by atoms with van der Waals surface area (Å²) < 4.78 is 60.8. The number of nitrogens with zero attached hydrogens (tertiary/aromatic N) is 4. The zero-order valence-corrected chi connectivity index (χ0v) is 20.9. The maximum atomic E-state index is 14.3. The second kappa shape index (κ2) is 11.6. The summed E-state index contributed by atoms with van der Waals surface area (Å²) in [6.07, 6.45) is 2.83. The molecule has 1 aliphatic heterocycles. The molecule has 0 bridgehead atoms. The van der Waals surface area contributed by atoms with Crippen molar-refractivity contribution in [3.8, 4) is 11.5 Å². The molecule has 1 fully saturated rings. The summed E-state index contributed by atoms with van der Waals surface area (Å²) in [5, 5.41) is 10.6. The molecular weight excluding hydrogens is 530 g/mol. The number of nitrogens with one attached hydrogen (secondary N) is 1. The van der Waals surface area contributed by atoms with Crippen LogP contribution in [0.3, 0.4) is 0 Å². The standard InChI is InChI=1S/C28H23F4N5O3/c29-18-1-5-21(6-2-18)40-22-7-3-20(4-8-22)35-28(39)26-12-17(11-23-24(31)13-19(30)14-25(23)32)15-36(26)27(38)16-37-33-9-10-34-37/h1-10,13-14,17,26H,11-12,15-16H2,(H,35,39). The van der Waals surface area contributed by atoms with E-state index < -0.39 is 41.2 Å². The molecule has 1 saturated heterocycles. The Bertz CT molecular complexity index is 1470. The molecule has 12 heteroatoms. The molecule has 1 N–H and O–H groups in total. The Morgan fingerprint density at radius 3 is 2.10 bits per heavy atom. The molecule has 2 atom stereocenters. The van der Waals surface area contributed by atoms with Gasteiger partial charge in [0.1, 0.15) is 47.4 Å².